The van der Waals surface area contributed by atoms with Gasteiger partial charge >= 0.3 is 5.97 Å². The molecule has 2 aliphatic heterocycles. The van der Waals surface area contributed by atoms with Crippen molar-refractivity contribution in [1.29, 1.82) is 0 Å². The number of rotatable bonds is 14. The van der Waals surface area contributed by atoms with Crippen LogP contribution in [0.25, 0.3) is 44.1 Å². The van der Waals surface area contributed by atoms with Crippen molar-refractivity contribution in [3.63, 3.8) is 0 Å². The number of likely N-dealkylation sites (tertiary alicyclic amines) is 1. The van der Waals surface area contributed by atoms with E-state index in [1.807, 2.05) is 98.8 Å². The number of primary amides is 2. The number of carboxylic acid groups (broad SMARTS) is 1. The molecular weight excluding hydrogens is 1100 g/mol. The number of halogens is 3. The van der Waals surface area contributed by atoms with Crippen LogP contribution in [0.5, 0.6) is 0 Å². The lowest BCUT2D eigenvalue weighted by Crippen LogP contribution is -2.46. The number of carbonyl (C=O) groups is 6. The van der Waals surface area contributed by atoms with E-state index in [4.69, 9.17) is 16.6 Å². The van der Waals surface area contributed by atoms with Gasteiger partial charge in [-0.3, -0.25) is 48.7 Å². The molecule has 2 unspecified atom stereocenters. The van der Waals surface area contributed by atoms with Crippen molar-refractivity contribution in [2.75, 3.05) is 13.1 Å². The molecule has 0 saturated carbocycles. The third kappa shape index (κ3) is 17.7. The number of aryl methyl sites for hydroxylation is 2. The quantitative estimate of drug-likeness (QED) is 0.0794. The van der Waals surface area contributed by atoms with Gasteiger partial charge in [-0.1, -0.05) is 51.3 Å². The van der Waals surface area contributed by atoms with Crippen molar-refractivity contribution in [2.45, 2.75) is 118 Å². The van der Waals surface area contributed by atoms with Crippen LogP contribution in [0.2, 0.25) is 0 Å². The molecule has 6 N–H and O–H groups in total. The third-order valence-corrected chi connectivity index (χ3v) is 14.0. The van der Waals surface area contributed by atoms with E-state index in [2.05, 4.69) is 25.3 Å². The summed E-state index contributed by atoms with van der Waals surface area (Å²) in [6.45, 7) is 4.15. The number of benzene rings is 2. The van der Waals surface area contributed by atoms with Gasteiger partial charge in [0.1, 0.15) is 25.4 Å². The highest BCUT2D eigenvalue weighted by Crippen LogP contribution is 2.30. The highest BCUT2D eigenvalue weighted by Gasteiger charge is 2.34. The molecule has 2 aromatic carbocycles. The topological polar surface area (TPSA) is 251 Å². The Kier molecular flexibility index (Phi) is 25.4. The molecule has 6 aromatic heterocycles. The van der Waals surface area contributed by atoms with E-state index in [0.29, 0.717) is 70.9 Å². The summed E-state index contributed by atoms with van der Waals surface area (Å²) in [5.74, 6) is -2.54. The highest BCUT2D eigenvalue weighted by atomic mass is 35.5. The summed E-state index contributed by atoms with van der Waals surface area (Å²) in [5, 5.41) is 13.3. The van der Waals surface area contributed by atoms with E-state index in [1.165, 1.54) is 15.7 Å². The number of carboxylic acids is 1. The highest BCUT2D eigenvalue weighted by molar-refractivity contribution is 7.59. The van der Waals surface area contributed by atoms with Gasteiger partial charge in [0.25, 0.3) is 11.8 Å². The first-order valence-corrected chi connectivity index (χ1v) is 26.1. The number of aromatic nitrogens is 6. The van der Waals surface area contributed by atoms with Gasteiger partial charge in [-0.2, -0.15) is 13.5 Å². The van der Waals surface area contributed by atoms with Crippen molar-refractivity contribution < 1.29 is 42.7 Å². The van der Waals surface area contributed by atoms with Crippen LogP contribution in [0.1, 0.15) is 96.9 Å². The third-order valence-electron chi connectivity index (χ3n) is 14.0. The average Bonchev–Trinajstić information content (AvgIpc) is 3.42. The summed E-state index contributed by atoms with van der Waals surface area (Å²) in [6, 6.07) is 28.7. The first kappa shape index (κ1) is 67.3. The monoisotopic (exact) mass is 1170 g/mol. The number of nitrogens with one attached hydrogen (secondary N) is 1. The number of nitrogens with zero attached hydrogens (tertiary/aromatic N) is 7. The van der Waals surface area contributed by atoms with Crippen molar-refractivity contribution in [3.05, 3.63) is 168 Å². The van der Waals surface area contributed by atoms with Crippen molar-refractivity contribution >= 4 is 83.0 Å². The number of amides is 3. The van der Waals surface area contributed by atoms with Crippen LogP contribution in [0.15, 0.2) is 134 Å². The van der Waals surface area contributed by atoms with E-state index < -0.39 is 36.2 Å². The van der Waals surface area contributed by atoms with E-state index >= 15 is 0 Å². The zero-order valence-corrected chi connectivity index (χ0v) is 46.7. The molecule has 2 fully saturated rings. The molecule has 4 atom stereocenters. The number of aliphatic carboxylic acids is 1. The summed E-state index contributed by atoms with van der Waals surface area (Å²) in [5.41, 5.74) is 19.7. The number of pyridine rings is 4. The van der Waals surface area contributed by atoms with E-state index in [0.717, 1.165) is 39.3 Å². The Bertz CT molecular complexity index is 3510. The van der Waals surface area contributed by atoms with E-state index in [1.54, 1.807) is 47.7 Å². The average molecular weight is 1180 g/mol. The lowest BCUT2D eigenvalue weighted by atomic mass is 10.0. The van der Waals surface area contributed by atoms with Gasteiger partial charge in [0.15, 0.2) is 11.6 Å². The fraction of sp³-hybridized carbons (Fsp3) is 0.323. The molecule has 83 heavy (non-hydrogen) atoms. The van der Waals surface area contributed by atoms with Crippen LogP contribution in [0.3, 0.4) is 0 Å². The molecule has 17 nitrogen and oxygen atoms in total. The van der Waals surface area contributed by atoms with Crippen LogP contribution in [-0.4, -0.2) is 112 Å². The largest absolute Gasteiger partial charge is 0.480 e. The van der Waals surface area contributed by atoms with E-state index in [-0.39, 0.29) is 110 Å². The van der Waals surface area contributed by atoms with E-state index in [9.17, 15) is 37.5 Å². The summed E-state index contributed by atoms with van der Waals surface area (Å²) >= 11 is 0. The first-order valence-electron chi connectivity index (χ1n) is 26.1. The molecule has 21 heteroatoms. The number of hydrogen-bond acceptors (Lipinski definition) is 11. The van der Waals surface area contributed by atoms with Crippen molar-refractivity contribution in [2.24, 2.45) is 11.5 Å². The first-order chi connectivity index (χ1) is 38.0. The van der Waals surface area contributed by atoms with Crippen LogP contribution in [-0.2, 0) is 45.1 Å². The predicted octanol–water partition coefficient (Wildman–Crippen LogP) is 9.71. The molecular formula is C62H73ClF2N10O7S. The molecule has 0 aliphatic carbocycles. The SMILES string of the molecule is C.C.Cc1cccc(CC(=O)[C@@H]2CCC(F)CCN2)n1.Cc1cccc(CC(=O)[C@@H]2CCC(F)CCN2C(=O)Cn2cc(C(N)=O)c3cc(-c4cccnc4)ccc32)n1.Cl.NC(=O)c1cn(CC(=O)O)c2ccc(-c3cccnc3)cc12.S. The van der Waals surface area contributed by atoms with Gasteiger partial charge in [-0.05, 0) is 131 Å². The van der Waals surface area contributed by atoms with Crippen molar-refractivity contribution in [1.82, 2.24) is 39.3 Å². The normalized spacial score (nSPS) is 16.5. The Morgan fingerprint density at radius 3 is 1.59 bits per heavy atom. The van der Waals surface area contributed by atoms with Gasteiger partial charge in [0.05, 0.1) is 36.1 Å². The Hall–Kier alpha value is -8.20. The number of alkyl halides is 2. The minimum absolute atomic E-state index is 0. The molecule has 0 spiro atoms. The molecule has 10 rings (SSSR count). The second-order valence-electron chi connectivity index (χ2n) is 19.8. The molecule has 0 bridgehead atoms. The second-order valence-corrected chi connectivity index (χ2v) is 19.8. The maximum Gasteiger partial charge on any atom is 0.323 e. The van der Waals surface area contributed by atoms with Gasteiger partial charge in [0.2, 0.25) is 5.91 Å². The zero-order chi connectivity index (χ0) is 56.2. The fourth-order valence-electron chi connectivity index (χ4n) is 10.0. The standard InChI is InChI=1S/C30H30FN5O3.C16H13N3O3.C14H19FN2O.2CH4.ClH.H2S/c1-19-4-2-6-23(34-19)15-28(37)27-10-8-22(31)11-13-36(27)29(38)18-35-17-25(30(32)39)24-14-20(7-9-26(24)35)21-5-3-12-33-16-21;17-16(22)13-8-19(9-15(20)21)14-4-3-10(6-12(13)14)11-2-1-5-18-7-11;1-10-3-2-4-12(17-10)9-14(18)13-6-5-11(15)7-8-16-13;;;;/h2-7,9,12,14,16-17,22,27H,8,10-11,13,15,18H2,1H3,(H2,32,39);1-8H,9H2,(H2,17,22)(H,20,21);2-4,11,13,16H,5-9H2,1H3;2*1H4;1H;1H2/t22?,27-;;11?,13-;;;;/m0.0..../s1. The maximum absolute atomic E-state index is 14.4. The van der Waals surface area contributed by atoms with Gasteiger partial charge in [-0.15, -0.1) is 12.4 Å². The molecule has 3 amide bonds. The molecule has 8 aromatic rings. The van der Waals surface area contributed by atoms with Crippen LogP contribution >= 0.6 is 25.9 Å². The van der Waals surface area contributed by atoms with Gasteiger partial charge in [0, 0.05) is 99.4 Å². The zero-order valence-electron chi connectivity index (χ0n) is 44.8. The van der Waals surface area contributed by atoms with Crippen molar-refractivity contribution in [3.8, 4) is 22.3 Å². The molecule has 2 saturated heterocycles. The Balaban J connectivity index is 0.000000286. The summed E-state index contributed by atoms with van der Waals surface area (Å²) in [7, 11) is 0. The number of hydrogen-bond donors (Lipinski definition) is 4. The number of ketones is 2. The predicted molar refractivity (Wildman–Crippen MR) is 326 cm³/mol. The summed E-state index contributed by atoms with van der Waals surface area (Å²) in [4.78, 5) is 92.4. The summed E-state index contributed by atoms with van der Waals surface area (Å²) < 4.78 is 30.8. The minimum atomic E-state index is -1.07. The lowest BCUT2D eigenvalue weighted by Gasteiger charge is -2.29. The van der Waals surface area contributed by atoms with Gasteiger partial charge in [-0.25, -0.2) is 8.78 Å². The molecule has 8 heterocycles. The molecule has 2 aliphatic rings. The minimum Gasteiger partial charge on any atom is -0.480 e. The molecule has 440 valence electrons. The number of Topliss-reactive ketones (excluding diaryl/α,β-unsaturated/α-hetero) is 2. The van der Waals surface area contributed by atoms with Crippen LogP contribution < -0.4 is 16.8 Å². The number of nitrogens with two attached hydrogens (primary N) is 2. The smallest absolute Gasteiger partial charge is 0.323 e. The second kappa shape index (κ2) is 31.3. The Morgan fingerprint density at radius 2 is 1.11 bits per heavy atom. The summed E-state index contributed by atoms with van der Waals surface area (Å²) in [6.07, 6.45) is 10.6. The Morgan fingerprint density at radius 1 is 0.614 bits per heavy atom. The number of carbonyl (C=O) groups excluding carboxylic acids is 5. The number of fused-ring (bicyclic) bond motifs is 2. The van der Waals surface area contributed by atoms with Crippen LogP contribution in [0, 0.1) is 13.8 Å². The van der Waals surface area contributed by atoms with Gasteiger partial charge < -0.3 is 35.9 Å². The molecule has 0 radical (unpaired) electrons. The lowest BCUT2D eigenvalue weighted by molar-refractivity contribution is -0.139. The fourth-order valence-corrected chi connectivity index (χ4v) is 10.0. The maximum atomic E-state index is 14.4. The Labute approximate surface area is 495 Å². The van der Waals surface area contributed by atoms with Crippen LogP contribution in [0.4, 0.5) is 8.78 Å².